The third kappa shape index (κ3) is 8.24. The van der Waals surface area contributed by atoms with Crippen molar-refractivity contribution in [2.45, 2.75) is 37.0 Å². The van der Waals surface area contributed by atoms with Gasteiger partial charge in [0.25, 0.3) is 0 Å². The second-order valence-corrected chi connectivity index (χ2v) is 7.34. The summed E-state index contributed by atoms with van der Waals surface area (Å²) in [7, 11) is 3.92. The first-order valence-electron chi connectivity index (χ1n) is 6.86. The summed E-state index contributed by atoms with van der Waals surface area (Å²) in [5, 5.41) is 0.753. The van der Waals surface area contributed by atoms with Gasteiger partial charge in [-0.05, 0) is 19.3 Å². The van der Waals surface area contributed by atoms with Crippen LogP contribution in [0.15, 0.2) is 37.6 Å². The van der Waals surface area contributed by atoms with Crippen LogP contribution in [-0.2, 0) is 19.3 Å². The molecule has 0 aromatic carbocycles. The largest absolute Gasteiger partial charge is 0.459 e. The number of carbonyl (C=O) groups is 1. The lowest BCUT2D eigenvalue weighted by molar-refractivity contribution is -0.290. The molecule has 0 aromatic heterocycles. The molecule has 1 fully saturated rings. The summed E-state index contributed by atoms with van der Waals surface area (Å²) in [4.78, 5) is 21.2. The predicted molar refractivity (Wildman–Crippen MR) is 88.8 cm³/mol. The van der Waals surface area contributed by atoms with Crippen LogP contribution in [0, 0.1) is 0 Å². The lowest BCUT2D eigenvalue weighted by Crippen LogP contribution is -2.19. The molecule has 2 atom stereocenters. The molecule has 0 aromatic rings. The van der Waals surface area contributed by atoms with Crippen molar-refractivity contribution in [2.75, 3.05) is 12.4 Å². The van der Waals surface area contributed by atoms with Crippen LogP contribution in [0.25, 0.3) is 0 Å². The molecule has 2 unspecified atom stereocenters. The van der Waals surface area contributed by atoms with Gasteiger partial charge >= 0.3 is 5.97 Å². The van der Waals surface area contributed by atoms with E-state index in [0.29, 0.717) is 5.76 Å². The molecule has 21 heavy (non-hydrogen) atoms. The summed E-state index contributed by atoms with van der Waals surface area (Å²) in [5.41, 5.74) is 0. The minimum atomic E-state index is -0.521. The van der Waals surface area contributed by atoms with Gasteiger partial charge in [0.15, 0.2) is 6.10 Å². The smallest absolute Gasteiger partial charge is 0.330 e. The Labute approximate surface area is 134 Å². The number of rotatable bonds is 11. The molecule has 0 aliphatic carbocycles. The third-order valence-electron chi connectivity index (χ3n) is 2.82. The van der Waals surface area contributed by atoms with Crippen LogP contribution in [0.5, 0.6) is 0 Å². The molecule has 1 saturated heterocycles. The Hall–Kier alpha value is -0.850. The molecule has 0 N–H and O–H groups in total. The molecule has 0 radical (unpaired) electrons. The van der Waals surface area contributed by atoms with E-state index in [-0.39, 0.29) is 6.61 Å². The zero-order valence-corrected chi connectivity index (χ0v) is 13.8. The van der Waals surface area contributed by atoms with Crippen molar-refractivity contribution in [3.05, 3.63) is 37.6 Å². The molecule has 0 amide bonds. The summed E-state index contributed by atoms with van der Waals surface area (Å²) in [6.07, 6.45) is 6.33. The van der Waals surface area contributed by atoms with Crippen molar-refractivity contribution in [3.8, 4) is 0 Å². The normalized spacial score (nSPS) is 18.8. The minimum absolute atomic E-state index is 0.0393. The summed E-state index contributed by atoms with van der Waals surface area (Å²) < 4.78 is 4.86. The van der Waals surface area contributed by atoms with E-state index >= 15 is 0 Å². The average Bonchev–Trinajstić information content (AvgIpc) is 3.00. The first-order chi connectivity index (χ1) is 10.2. The quantitative estimate of drug-likeness (QED) is 0.108. The van der Waals surface area contributed by atoms with E-state index in [2.05, 4.69) is 19.7 Å². The molecular weight excluding hydrogens is 308 g/mol. The molecule has 1 aliphatic rings. The second-order valence-electron chi connectivity index (χ2n) is 4.55. The molecule has 0 spiro atoms. The van der Waals surface area contributed by atoms with Crippen molar-refractivity contribution in [3.63, 3.8) is 0 Å². The molecule has 0 saturated carbocycles. The van der Waals surface area contributed by atoms with Crippen LogP contribution in [0.1, 0.15) is 25.7 Å². The Bertz CT molecular complexity index is 365. The number of hydrogen-bond acceptors (Lipinski definition) is 6. The van der Waals surface area contributed by atoms with Gasteiger partial charge < -0.3 is 9.62 Å². The van der Waals surface area contributed by atoms with Crippen molar-refractivity contribution in [1.82, 2.24) is 0 Å². The van der Waals surface area contributed by atoms with Crippen LogP contribution in [-0.4, -0.2) is 29.7 Å². The highest BCUT2D eigenvalue weighted by atomic mass is 33.1. The fourth-order valence-corrected chi connectivity index (χ4v) is 4.65. The number of hydrogen-bond donors (Lipinski definition) is 0. The van der Waals surface area contributed by atoms with Gasteiger partial charge in [0, 0.05) is 23.5 Å². The summed E-state index contributed by atoms with van der Waals surface area (Å²) in [6.45, 7) is 10.8. The molecule has 4 nitrogen and oxygen atoms in total. The topological polar surface area (TPSA) is 44.8 Å². The van der Waals surface area contributed by atoms with Crippen LogP contribution in [0.4, 0.5) is 0 Å². The Morgan fingerprint density at radius 1 is 1.43 bits per heavy atom. The molecule has 1 heterocycles. The molecule has 1 aliphatic heterocycles. The highest BCUT2D eigenvalue weighted by Gasteiger charge is 2.16. The third-order valence-corrected chi connectivity index (χ3v) is 5.82. The number of esters is 1. The van der Waals surface area contributed by atoms with Gasteiger partial charge in [0.2, 0.25) is 0 Å². The Morgan fingerprint density at radius 2 is 2.24 bits per heavy atom. The maximum Gasteiger partial charge on any atom is 0.330 e. The Kier molecular flexibility index (Phi) is 9.37. The lowest BCUT2D eigenvalue weighted by atomic mass is 10.1. The van der Waals surface area contributed by atoms with Crippen molar-refractivity contribution in [1.29, 1.82) is 0 Å². The maximum atomic E-state index is 10.9. The molecule has 1 rings (SSSR count). The van der Waals surface area contributed by atoms with Gasteiger partial charge in [0.1, 0.15) is 12.4 Å². The van der Waals surface area contributed by atoms with Crippen LogP contribution in [0.3, 0.4) is 0 Å². The number of allylic oxidation sites excluding steroid dienone is 1. The Morgan fingerprint density at radius 3 is 2.86 bits per heavy atom. The first kappa shape index (κ1) is 18.2. The van der Waals surface area contributed by atoms with Gasteiger partial charge in [-0.25, -0.2) is 4.79 Å². The van der Waals surface area contributed by atoms with Crippen molar-refractivity contribution >= 4 is 27.6 Å². The van der Waals surface area contributed by atoms with Gasteiger partial charge in [-0.15, -0.1) is 6.58 Å². The standard InChI is InChI=1S/C15H22O4S2/c1-4-13(11-17-15(16)5-2)19-18-12(3)7-6-8-14-9-10-20-21-14/h4-5,13-14H,1-3,6-11H2. The molecular formula is C15H22O4S2. The number of carbonyl (C=O) groups excluding carboxylic acids is 1. The summed E-state index contributed by atoms with van der Waals surface area (Å²) in [5.74, 6) is 1.32. The Balaban J connectivity index is 2.10. The SMILES string of the molecule is C=CC(=O)OCC(C=C)OOC(=C)CCCC1CCSS1. The van der Waals surface area contributed by atoms with E-state index in [0.717, 1.165) is 24.2 Å². The van der Waals surface area contributed by atoms with E-state index in [4.69, 9.17) is 14.5 Å². The fraction of sp³-hybridized carbons (Fsp3) is 0.533. The second kappa shape index (κ2) is 10.8. The van der Waals surface area contributed by atoms with Gasteiger partial charge in [-0.2, -0.15) is 4.89 Å². The molecule has 6 heteroatoms. The van der Waals surface area contributed by atoms with E-state index < -0.39 is 12.1 Å². The van der Waals surface area contributed by atoms with E-state index in [1.807, 2.05) is 21.6 Å². The average molecular weight is 330 g/mol. The predicted octanol–water partition coefficient (Wildman–Crippen LogP) is 4.06. The van der Waals surface area contributed by atoms with E-state index in [9.17, 15) is 4.79 Å². The van der Waals surface area contributed by atoms with Gasteiger partial charge in [0.05, 0.1) is 0 Å². The molecule has 0 bridgehead atoms. The van der Waals surface area contributed by atoms with Crippen molar-refractivity contribution in [2.24, 2.45) is 0 Å². The van der Waals surface area contributed by atoms with Crippen LogP contribution < -0.4 is 0 Å². The maximum absolute atomic E-state index is 10.9. The van der Waals surface area contributed by atoms with Crippen LogP contribution in [0.2, 0.25) is 0 Å². The fourth-order valence-electron chi connectivity index (χ4n) is 1.62. The summed E-state index contributed by atoms with van der Waals surface area (Å²) in [6, 6.07) is 0. The zero-order chi connectivity index (χ0) is 15.5. The first-order valence-corrected chi connectivity index (χ1v) is 9.25. The van der Waals surface area contributed by atoms with Crippen LogP contribution >= 0.6 is 21.6 Å². The monoisotopic (exact) mass is 330 g/mol. The van der Waals surface area contributed by atoms with E-state index in [1.165, 1.54) is 24.7 Å². The van der Waals surface area contributed by atoms with Gasteiger partial charge in [-0.1, -0.05) is 40.8 Å². The minimum Gasteiger partial charge on any atom is -0.459 e. The van der Waals surface area contributed by atoms with Crippen molar-refractivity contribution < 1.29 is 19.3 Å². The highest BCUT2D eigenvalue weighted by Crippen LogP contribution is 2.40. The summed E-state index contributed by atoms with van der Waals surface area (Å²) >= 11 is 0. The molecule has 118 valence electrons. The highest BCUT2D eigenvalue weighted by molar-refractivity contribution is 8.77. The zero-order valence-electron chi connectivity index (χ0n) is 12.1. The number of ether oxygens (including phenoxy) is 1. The van der Waals surface area contributed by atoms with E-state index in [1.54, 1.807) is 0 Å². The van der Waals surface area contributed by atoms with Gasteiger partial charge in [-0.3, -0.25) is 0 Å². The lowest BCUT2D eigenvalue weighted by Gasteiger charge is -2.14.